The lowest BCUT2D eigenvalue weighted by atomic mass is 10.1. The van der Waals surface area contributed by atoms with Crippen LogP contribution < -0.4 is 16.0 Å². The smallest absolute Gasteiger partial charge is 0.408 e. The van der Waals surface area contributed by atoms with E-state index in [1.807, 2.05) is 6.92 Å². The van der Waals surface area contributed by atoms with Crippen molar-refractivity contribution in [3.8, 4) is 0 Å². The molecule has 2 N–H and O–H groups in total. The maximum absolute atomic E-state index is 13.5. The molecular formula is C20H18F2N4O4. The Labute approximate surface area is 169 Å². The molecule has 0 bridgehead atoms. The first-order chi connectivity index (χ1) is 14.3. The van der Waals surface area contributed by atoms with Gasteiger partial charge in [-0.25, -0.2) is 13.6 Å². The highest BCUT2D eigenvalue weighted by Gasteiger charge is 2.30. The Kier molecular flexibility index (Phi) is 4.98. The number of hydrogen-bond acceptors (Lipinski definition) is 5. The minimum absolute atomic E-state index is 0.218. The Morgan fingerprint density at radius 2 is 1.87 bits per heavy atom. The van der Waals surface area contributed by atoms with Gasteiger partial charge in [0, 0.05) is 49.2 Å². The minimum atomic E-state index is -0.829. The molecule has 2 amide bonds. The predicted molar refractivity (Wildman–Crippen MR) is 105 cm³/mol. The Bertz CT molecular complexity index is 1170. The number of benzene rings is 2. The zero-order chi connectivity index (χ0) is 21.4. The number of anilines is 2. The third kappa shape index (κ3) is 3.88. The number of hydrogen-bond donors (Lipinski definition) is 2. The number of oxazole rings is 1. The Hall–Kier alpha value is -3.69. The van der Waals surface area contributed by atoms with E-state index in [9.17, 15) is 23.2 Å². The molecule has 0 saturated carbocycles. The highest BCUT2D eigenvalue weighted by Crippen LogP contribution is 2.23. The molecule has 1 aliphatic heterocycles. The highest BCUT2D eigenvalue weighted by atomic mass is 19.1. The summed E-state index contributed by atoms with van der Waals surface area (Å²) in [6.07, 6.45) is 0. The Morgan fingerprint density at radius 3 is 2.57 bits per heavy atom. The average molecular weight is 416 g/mol. The highest BCUT2D eigenvalue weighted by molar-refractivity contribution is 6.39. The third-order valence-electron chi connectivity index (χ3n) is 4.97. The number of amides is 2. The monoisotopic (exact) mass is 416 g/mol. The number of rotatable bonds is 2. The van der Waals surface area contributed by atoms with Crippen molar-refractivity contribution >= 4 is 34.3 Å². The fourth-order valence-corrected chi connectivity index (χ4v) is 3.58. The molecule has 1 atom stereocenters. The van der Waals surface area contributed by atoms with Gasteiger partial charge in [0.25, 0.3) is 0 Å². The minimum Gasteiger partial charge on any atom is -0.408 e. The van der Waals surface area contributed by atoms with Gasteiger partial charge in [0.1, 0.15) is 11.6 Å². The zero-order valence-corrected chi connectivity index (χ0v) is 15.9. The number of carbonyl (C=O) groups excluding carboxylic acids is 2. The largest absolute Gasteiger partial charge is 0.417 e. The molecule has 0 aliphatic carbocycles. The first kappa shape index (κ1) is 19.6. The third-order valence-corrected chi connectivity index (χ3v) is 4.97. The predicted octanol–water partition coefficient (Wildman–Crippen LogP) is 2.08. The van der Waals surface area contributed by atoms with E-state index in [4.69, 9.17) is 4.42 Å². The van der Waals surface area contributed by atoms with Gasteiger partial charge >= 0.3 is 17.6 Å². The molecule has 2 heterocycles. The Morgan fingerprint density at radius 1 is 1.13 bits per heavy atom. The molecule has 2 aromatic carbocycles. The van der Waals surface area contributed by atoms with E-state index in [1.54, 1.807) is 11.0 Å². The lowest BCUT2D eigenvalue weighted by molar-refractivity contribution is -0.143. The van der Waals surface area contributed by atoms with E-state index in [0.717, 1.165) is 6.07 Å². The second kappa shape index (κ2) is 7.62. The van der Waals surface area contributed by atoms with E-state index in [2.05, 4.69) is 10.3 Å². The van der Waals surface area contributed by atoms with E-state index in [-0.39, 0.29) is 24.7 Å². The molecule has 8 nitrogen and oxygen atoms in total. The number of halogens is 2. The topological polar surface area (TPSA) is 98.7 Å². The lowest BCUT2D eigenvalue weighted by Crippen LogP contribution is -2.55. The van der Waals surface area contributed by atoms with Gasteiger partial charge in [-0.05, 0) is 31.2 Å². The van der Waals surface area contributed by atoms with Crippen molar-refractivity contribution in [3.05, 3.63) is 58.6 Å². The van der Waals surface area contributed by atoms with Gasteiger partial charge in [0.2, 0.25) is 0 Å². The fourth-order valence-electron chi connectivity index (χ4n) is 3.58. The summed E-state index contributed by atoms with van der Waals surface area (Å²) < 4.78 is 32.0. The average Bonchev–Trinajstić information content (AvgIpc) is 3.05. The molecule has 1 aliphatic rings. The molecule has 156 valence electrons. The van der Waals surface area contributed by atoms with Crippen molar-refractivity contribution in [2.24, 2.45) is 0 Å². The number of carbonyl (C=O) groups is 2. The first-order valence-corrected chi connectivity index (χ1v) is 9.26. The van der Waals surface area contributed by atoms with Gasteiger partial charge in [-0.15, -0.1) is 0 Å². The normalized spacial score (nSPS) is 16.7. The van der Waals surface area contributed by atoms with Crippen LogP contribution in [0.3, 0.4) is 0 Å². The van der Waals surface area contributed by atoms with E-state index >= 15 is 0 Å². The SMILES string of the molecule is C[C@@H]1CN(C(=O)C(=O)Nc2ccc3[nH]c(=O)oc3c2)CCN1c1cc(F)cc(F)c1. The van der Waals surface area contributed by atoms with Crippen LogP contribution in [0.25, 0.3) is 11.1 Å². The summed E-state index contributed by atoms with van der Waals surface area (Å²) in [7, 11) is 0. The second-order valence-corrected chi connectivity index (χ2v) is 7.10. The van der Waals surface area contributed by atoms with Crippen molar-refractivity contribution in [3.63, 3.8) is 0 Å². The number of aromatic nitrogens is 1. The van der Waals surface area contributed by atoms with Crippen LogP contribution in [0, 0.1) is 11.6 Å². The van der Waals surface area contributed by atoms with E-state index in [1.165, 1.54) is 29.2 Å². The zero-order valence-electron chi connectivity index (χ0n) is 15.9. The molecule has 3 aromatic rings. The molecule has 0 spiro atoms. The van der Waals surface area contributed by atoms with Crippen LogP contribution in [-0.4, -0.2) is 47.4 Å². The van der Waals surface area contributed by atoms with Gasteiger partial charge in [0.15, 0.2) is 5.58 Å². The molecule has 10 heteroatoms. The van der Waals surface area contributed by atoms with Crippen LogP contribution in [0.2, 0.25) is 0 Å². The van der Waals surface area contributed by atoms with Crippen molar-refractivity contribution in [2.45, 2.75) is 13.0 Å². The number of piperazine rings is 1. The standard InChI is InChI=1S/C20H18F2N4O4/c1-11-10-25(4-5-26(11)15-7-12(21)6-13(22)8-15)19(28)18(27)23-14-2-3-16-17(9-14)30-20(29)24-16/h2-3,6-9,11H,4-5,10H2,1H3,(H,23,27)(H,24,29)/t11-/m1/s1. The number of H-pyrrole nitrogens is 1. The summed E-state index contributed by atoms with van der Waals surface area (Å²) in [4.78, 5) is 41.8. The van der Waals surface area contributed by atoms with Crippen molar-refractivity contribution in [1.82, 2.24) is 9.88 Å². The summed E-state index contributed by atoms with van der Waals surface area (Å²) in [5, 5.41) is 2.49. The van der Waals surface area contributed by atoms with Gasteiger partial charge in [-0.3, -0.25) is 14.6 Å². The molecular weight excluding hydrogens is 398 g/mol. The molecule has 1 aromatic heterocycles. The lowest BCUT2D eigenvalue weighted by Gasteiger charge is -2.41. The first-order valence-electron chi connectivity index (χ1n) is 9.26. The van der Waals surface area contributed by atoms with E-state index in [0.29, 0.717) is 23.4 Å². The second-order valence-electron chi connectivity index (χ2n) is 7.10. The molecule has 1 fully saturated rings. The van der Waals surface area contributed by atoms with Gasteiger partial charge in [-0.2, -0.15) is 0 Å². The summed E-state index contributed by atoms with van der Waals surface area (Å²) in [5.41, 5.74) is 1.43. The number of aromatic amines is 1. The van der Waals surface area contributed by atoms with Crippen molar-refractivity contribution in [1.29, 1.82) is 0 Å². The summed E-state index contributed by atoms with van der Waals surface area (Å²) in [5.74, 6) is -3.52. The van der Waals surface area contributed by atoms with Crippen LogP contribution in [0.1, 0.15) is 6.92 Å². The van der Waals surface area contributed by atoms with Crippen molar-refractivity contribution in [2.75, 3.05) is 29.9 Å². The van der Waals surface area contributed by atoms with Crippen LogP contribution >= 0.6 is 0 Å². The number of fused-ring (bicyclic) bond motifs is 1. The number of nitrogens with one attached hydrogen (secondary N) is 2. The van der Waals surface area contributed by atoms with Crippen LogP contribution in [-0.2, 0) is 9.59 Å². The molecule has 0 radical (unpaired) electrons. The molecule has 0 unspecified atom stereocenters. The van der Waals surface area contributed by atoms with Crippen LogP contribution in [0.4, 0.5) is 20.2 Å². The van der Waals surface area contributed by atoms with Crippen LogP contribution in [0.5, 0.6) is 0 Å². The van der Waals surface area contributed by atoms with Gasteiger partial charge < -0.3 is 19.5 Å². The number of nitrogens with zero attached hydrogens (tertiary/aromatic N) is 2. The summed E-state index contributed by atoms with van der Waals surface area (Å²) >= 11 is 0. The molecule has 30 heavy (non-hydrogen) atoms. The van der Waals surface area contributed by atoms with Crippen molar-refractivity contribution < 1.29 is 22.8 Å². The molecule has 4 rings (SSSR count). The van der Waals surface area contributed by atoms with Gasteiger partial charge in [0.05, 0.1) is 5.52 Å². The fraction of sp³-hybridized carbons (Fsp3) is 0.250. The quantitative estimate of drug-likeness (QED) is 0.624. The van der Waals surface area contributed by atoms with E-state index < -0.39 is 29.2 Å². The Balaban J connectivity index is 1.42. The summed E-state index contributed by atoms with van der Waals surface area (Å²) in [6.45, 7) is 2.57. The maximum atomic E-state index is 13.5. The van der Waals surface area contributed by atoms with Gasteiger partial charge in [-0.1, -0.05) is 0 Å². The molecule has 1 saturated heterocycles. The maximum Gasteiger partial charge on any atom is 0.417 e. The van der Waals surface area contributed by atoms with Crippen LogP contribution in [0.15, 0.2) is 45.6 Å². The summed E-state index contributed by atoms with van der Waals surface area (Å²) in [6, 6.07) is 7.56.